The maximum atomic E-state index is 12.4. The smallest absolute Gasteiger partial charge is 0.411 e. The molecule has 1 fully saturated rings. The number of methoxy groups -OCH3 is 1. The lowest BCUT2D eigenvalue weighted by Crippen LogP contribution is -2.55. The summed E-state index contributed by atoms with van der Waals surface area (Å²) < 4.78 is 10.2. The van der Waals surface area contributed by atoms with E-state index in [0.717, 1.165) is 0 Å². The molecule has 1 rings (SSSR count). The molecule has 6 nitrogen and oxygen atoms in total. The number of β-amino-alcohol motifs (C(OH)–C–C–N with tert-alkyl or cyclic N) is 1. The number of halogens is 1. The molecular weight excluding hydrogens is 310 g/mol. The van der Waals surface area contributed by atoms with Gasteiger partial charge < -0.3 is 14.6 Å². The summed E-state index contributed by atoms with van der Waals surface area (Å²) >= 11 is 5.76. The molecule has 22 heavy (non-hydrogen) atoms. The predicted molar refractivity (Wildman–Crippen MR) is 82.8 cm³/mol. The Labute approximate surface area is 136 Å². The van der Waals surface area contributed by atoms with Crippen molar-refractivity contribution in [3.8, 4) is 0 Å². The molecule has 2 atom stereocenters. The Bertz CT molecular complexity index is 459. The largest absolute Gasteiger partial charge is 0.467 e. The van der Waals surface area contributed by atoms with E-state index < -0.39 is 29.3 Å². The number of likely N-dealkylation sites (tertiary alicyclic amines) is 1. The van der Waals surface area contributed by atoms with E-state index in [1.54, 1.807) is 20.8 Å². The van der Waals surface area contributed by atoms with Crippen LogP contribution in [-0.2, 0) is 14.3 Å². The number of esters is 1. The van der Waals surface area contributed by atoms with E-state index in [1.807, 2.05) is 0 Å². The van der Waals surface area contributed by atoms with Crippen molar-refractivity contribution in [2.24, 2.45) is 0 Å². The second-order valence-electron chi connectivity index (χ2n) is 6.53. The average molecular weight is 334 g/mol. The molecule has 1 aliphatic rings. The van der Waals surface area contributed by atoms with Gasteiger partial charge in [-0.2, -0.15) is 0 Å². The molecule has 7 heteroatoms. The summed E-state index contributed by atoms with van der Waals surface area (Å²) in [5.74, 6) is -0.460. The number of rotatable bonds is 4. The van der Waals surface area contributed by atoms with E-state index in [2.05, 4.69) is 6.58 Å². The van der Waals surface area contributed by atoms with E-state index >= 15 is 0 Å². The van der Waals surface area contributed by atoms with Crippen LogP contribution >= 0.6 is 11.6 Å². The highest BCUT2D eigenvalue weighted by Crippen LogP contribution is 2.37. The quantitative estimate of drug-likeness (QED) is 0.484. The first-order valence-corrected chi connectivity index (χ1v) is 7.59. The van der Waals surface area contributed by atoms with Crippen molar-refractivity contribution in [1.82, 2.24) is 4.90 Å². The molecule has 0 saturated carbocycles. The average Bonchev–Trinajstić information content (AvgIpc) is 2.73. The van der Waals surface area contributed by atoms with Crippen LogP contribution in [0.2, 0.25) is 0 Å². The Hall–Kier alpha value is -1.27. The van der Waals surface area contributed by atoms with E-state index in [4.69, 9.17) is 21.1 Å². The van der Waals surface area contributed by atoms with Crippen molar-refractivity contribution >= 4 is 23.7 Å². The zero-order valence-corrected chi connectivity index (χ0v) is 14.3. The minimum absolute atomic E-state index is 0.000418. The number of amides is 1. The van der Waals surface area contributed by atoms with Crippen LogP contribution in [0, 0.1) is 0 Å². The highest BCUT2D eigenvalue weighted by atomic mass is 35.5. The minimum Gasteiger partial charge on any atom is -0.467 e. The molecule has 0 aliphatic carbocycles. The first kappa shape index (κ1) is 18.8. The molecule has 1 heterocycles. The van der Waals surface area contributed by atoms with Crippen LogP contribution in [0.1, 0.15) is 33.6 Å². The van der Waals surface area contributed by atoms with Gasteiger partial charge in [-0.3, -0.25) is 4.90 Å². The molecule has 1 amide bonds. The summed E-state index contributed by atoms with van der Waals surface area (Å²) in [6.07, 6.45) is -1.32. The van der Waals surface area contributed by atoms with Gasteiger partial charge in [-0.05, 0) is 20.8 Å². The fraction of sp³-hybridized carbons (Fsp3) is 0.733. The molecule has 0 radical (unpaired) electrons. The van der Waals surface area contributed by atoms with E-state index in [1.165, 1.54) is 12.0 Å². The van der Waals surface area contributed by atoms with Gasteiger partial charge in [0.25, 0.3) is 0 Å². The molecule has 1 saturated heterocycles. The normalized spacial score (nSPS) is 25.0. The first-order valence-electron chi connectivity index (χ1n) is 7.05. The van der Waals surface area contributed by atoms with Crippen molar-refractivity contribution in [3.63, 3.8) is 0 Å². The van der Waals surface area contributed by atoms with Crippen molar-refractivity contribution in [1.29, 1.82) is 0 Å². The highest BCUT2D eigenvalue weighted by Gasteiger charge is 2.55. The topological polar surface area (TPSA) is 76.1 Å². The van der Waals surface area contributed by atoms with Gasteiger partial charge in [-0.15, -0.1) is 11.6 Å². The Kier molecular flexibility index (Phi) is 5.87. The number of alkyl halides is 1. The zero-order valence-electron chi connectivity index (χ0n) is 13.5. The lowest BCUT2D eigenvalue weighted by atomic mass is 9.88. The molecule has 1 unspecified atom stereocenters. The molecular formula is C15H24ClNO5. The second-order valence-corrected chi connectivity index (χ2v) is 6.80. The third-order valence-electron chi connectivity index (χ3n) is 3.39. The first-order chi connectivity index (χ1) is 10.1. The summed E-state index contributed by atoms with van der Waals surface area (Å²) in [5, 5.41) is 9.99. The van der Waals surface area contributed by atoms with E-state index in [-0.39, 0.29) is 25.3 Å². The van der Waals surface area contributed by atoms with Gasteiger partial charge in [-0.25, -0.2) is 9.59 Å². The molecule has 1 N–H and O–H groups in total. The lowest BCUT2D eigenvalue weighted by molar-refractivity contribution is -0.153. The van der Waals surface area contributed by atoms with Gasteiger partial charge in [-0.1, -0.05) is 12.2 Å². The Balaban J connectivity index is 3.17. The second kappa shape index (κ2) is 6.87. The molecule has 0 bridgehead atoms. The number of aliphatic hydroxyl groups excluding tert-OH is 1. The molecule has 0 spiro atoms. The monoisotopic (exact) mass is 333 g/mol. The Morgan fingerprint density at radius 3 is 2.50 bits per heavy atom. The summed E-state index contributed by atoms with van der Waals surface area (Å²) in [7, 11) is 1.24. The van der Waals surface area contributed by atoms with Crippen molar-refractivity contribution < 1.29 is 24.2 Å². The molecule has 126 valence electrons. The van der Waals surface area contributed by atoms with Crippen LogP contribution in [0.3, 0.4) is 0 Å². The lowest BCUT2D eigenvalue weighted by Gasteiger charge is -2.36. The van der Waals surface area contributed by atoms with Gasteiger partial charge >= 0.3 is 12.1 Å². The van der Waals surface area contributed by atoms with Gasteiger partial charge in [0.2, 0.25) is 0 Å². The van der Waals surface area contributed by atoms with Crippen LogP contribution < -0.4 is 0 Å². The van der Waals surface area contributed by atoms with Crippen LogP contribution in [-0.4, -0.2) is 58.8 Å². The summed E-state index contributed by atoms with van der Waals surface area (Å²) in [5.41, 5.74) is -1.46. The van der Waals surface area contributed by atoms with Crippen molar-refractivity contribution in [2.45, 2.75) is 50.9 Å². The number of hydrogen-bond acceptors (Lipinski definition) is 5. The molecule has 0 aromatic rings. The summed E-state index contributed by atoms with van der Waals surface area (Å²) in [4.78, 5) is 26.0. The zero-order chi connectivity index (χ0) is 17.1. The maximum absolute atomic E-state index is 12.4. The van der Waals surface area contributed by atoms with E-state index in [9.17, 15) is 14.7 Å². The van der Waals surface area contributed by atoms with Gasteiger partial charge in [0, 0.05) is 18.7 Å². The van der Waals surface area contributed by atoms with Crippen molar-refractivity contribution in [3.05, 3.63) is 12.2 Å². The third kappa shape index (κ3) is 4.14. The SMILES string of the molecule is C=C(CCl)CC1(C(=O)OC)C[C@@H](O)CN1C(=O)OC(C)(C)C. The molecule has 0 aromatic carbocycles. The van der Waals surface area contributed by atoms with Gasteiger partial charge in [0.05, 0.1) is 19.8 Å². The minimum atomic E-state index is -1.33. The Morgan fingerprint density at radius 2 is 2.05 bits per heavy atom. The number of carbonyl (C=O) groups is 2. The fourth-order valence-corrected chi connectivity index (χ4v) is 2.69. The van der Waals surface area contributed by atoms with E-state index in [0.29, 0.717) is 5.57 Å². The van der Waals surface area contributed by atoms with Crippen LogP contribution in [0.15, 0.2) is 12.2 Å². The highest BCUT2D eigenvalue weighted by molar-refractivity contribution is 6.19. The molecule has 1 aliphatic heterocycles. The molecule has 0 aromatic heterocycles. The number of nitrogens with zero attached hydrogens (tertiary/aromatic N) is 1. The number of hydrogen-bond donors (Lipinski definition) is 1. The number of carbonyl (C=O) groups excluding carboxylic acids is 2. The summed E-state index contributed by atoms with van der Waals surface area (Å²) in [6, 6.07) is 0. The van der Waals surface area contributed by atoms with Crippen molar-refractivity contribution in [2.75, 3.05) is 19.5 Å². The standard InChI is InChI=1S/C15H24ClNO5/c1-10(8-16)6-15(12(19)21-5)7-11(18)9-17(15)13(20)22-14(2,3)4/h11,18H,1,6-9H2,2-5H3/t11-,15?/m1/s1. The van der Waals surface area contributed by atoms with Gasteiger partial charge in [0.15, 0.2) is 0 Å². The number of ether oxygens (including phenoxy) is 2. The van der Waals surface area contributed by atoms with Gasteiger partial charge in [0.1, 0.15) is 11.1 Å². The maximum Gasteiger partial charge on any atom is 0.411 e. The van der Waals surface area contributed by atoms with Crippen LogP contribution in [0.25, 0.3) is 0 Å². The van der Waals surface area contributed by atoms with Crippen LogP contribution in [0.5, 0.6) is 0 Å². The van der Waals surface area contributed by atoms with Crippen LogP contribution in [0.4, 0.5) is 4.79 Å². The Morgan fingerprint density at radius 1 is 1.45 bits per heavy atom. The predicted octanol–water partition coefficient (Wildman–Crippen LogP) is 2.08. The number of aliphatic hydroxyl groups is 1. The third-order valence-corrected chi connectivity index (χ3v) is 3.77. The fourth-order valence-electron chi connectivity index (χ4n) is 2.60. The summed E-state index contributed by atoms with van der Waals surface area (Å²) in [6.45, 7) is 8.98.